The monoisotopic (exact) mass is 346 g/mol. The molecule has 0 aromatic rings. The molecule has 0 radical (unpaired) electrons. The van der Waals surface area contributed by atoms with Gasteiger partial charge >= 0.3 is 5.97 Å². The van der Waals surface area contributed by atoms with Gasteiger partial charge in [0, 0.05) is 13.1 Å². The predicted octanol–water partition coefficient (Wildman–Crippen LogP) is -0.514. The minimum absolute atomic E-state index is 0.0551. The highest BCUT2D eigenvalue weighted by Crippen LogP contribution is 1.97. The number of hydrogen-bond acceptors (Lipinski definition) is 6. The van der Waals surface area contributed by atoms with E-state index in [0.29, 0.717) is 13.1 Å². The molecular weight excluding hydrogens is 320 g/mol. The second-order valence-corrected chi connectivity index (χ2v) is 5.20. The van der Waals surface area contributed by atoms with Gasteiger partial charge in [-0.15, -0.1) is 0 Å². The zero-order valence-corrected chi connectivity index (χ0v) is 14.0. The smallest absolute Gasteiger partial charge is 0.329 e. The van der Waals surface area contributed by atoms with Crippen LogP contribution in [0.2, 0.25) is 0 Å². The summed E-state index contributed by atoms with van der Waals surface area (Å²) >= 11 is 0. The molecule has 9 nitrogen and oxygen atoms in total. The molecule has 0 aromatic carbocycles. The molecule has 9 heteroatoms. The number of carbonyl (C=O) groups excluding carboxylic acids is 3. The van der Waals surface area contributed by atoms with Gasteiger partial charge in [0.15, 0.2) is 5.78 Å². The lowest BCUT2D eigenvalue weighted by molar-refractivity contribution is -0.143. The molecule has 0 aliphatic heterocycles. The van der Waals surface area contributed by atoms with Crippen molar-refractivity contribution < 1.29 is 33.8 Å². The van der Waals surface area contributed by atoms with Crippen molar-refractivity contribution >= 4 is 23.6 Å². The quantitative estimate of drug-likeness (QED) is 0.340. The van der Waals surface area contributed by atoms with E-state index in [1.54, 1.807) is 0 Å². The molecular formula is C15H26N2O7. The number of ether oxygens (including phenoxy) is 2. The average molecular weight is 346 g/mol. The average Bonchev–Trinajstić information content (AvgIpc) is 2.49. The Balaban J connectivity index is 3.32. The molecule has 0 rings (SSSR count). The number of amides is 2. The fourth-order valence-electron chi connectivity index (χ4n) is 1.68. The van der Waals surface area contributed by atoms with E-state index in [4.69, 9.17) is 9.84 Å². The third-order valence-electron chi connectivity index (χ3n) is 2.75. The fourth-order valence-corrected chi connectivity index (χ4v) is 1.68. The number of rotatable bonds is 15. The summed E-state index contributed by atoms with van der Waals surface area (Å²) in [7, 11) is 0. The van der Waals surface area contributed by atoms with Crippen molar-refractivity contribution in [2.45, 2.75) is 32.6 Å². The highest BCUT2D eigenvalue weighted by molar-refractivity contribution is 5.79. The van der Waals surface area contributed by atoms with Gasteiger partial charge in [-0.3, -0.25) is 14.4 Å². The van der Waals surface area contributed by atoms with E-state index in [1.165, 1.54) is 6.92 Å². The Morgan fingerprint density at radius 3 is 1.62 bits per heavy atom. The number of Topliss-reactive ketones (excluding diaryl/α,β-unsaturated/α-hetero) is 1. The Hall–Kier alpha value is -2.00. The lowest BCUT2D eigenvalue weighted by Gasteiger charge is -2.06. The van der Waals surface area contributed by atoms with Crippen molar-refractivity contribution in [2.24, 2.45) is 0 Å². The number of carboxylic acids is 1. The van der Waals surface area contributed by atoms with Crippen molar-refractivity contribution in [3.05, 3.63) is 0 Å². The summed E-state index contributed by atoms with van der Waals surface area (Å²) in [5.74, 6) is -1.82. The first-order valence-corrected chi connectivity index (χ1v) is 7.82. The maximum Gasteiger partial charge on any atom is 0.329 e. The Morgan fingerprint density at radius 1 is 0.750 bits per heavy atom. The van der Waals surface area contributed by atoms with E-state index in [1.807, 2.05) is 0 Å². The summed E-state index contributed by atoms with van der Waals surface area (Å²) in [4.78, 5) is 43.4. The van der Waals surface area contributed by atoms with Gasteiger partial charge < -0.3 is 25.2 Å². The number of carboxylic acid groups (broad SMARTS) is 1. The lowest BCUT2D eigenvalue weighted by Crippen LogP contribution is -2.29. The molecule has 0 saturated carbocycles. The van der Waals surface area contributed by atoms with Crippen molar-refractivity contribution in [1.82, 2.24) is 10.6 Å². The molecule has 0 aliphatic carbocycles. The van der Waals surface area contributed by atoms with E-state index >= 15 is 0 Å². The summed E-state index contributed by atoms with van der Waals surface area (Å²) in [6, 6.07) is 0. The van der Waals surface area contributed by atoms with E-state index < -0.39 is 12.6 Å². The molecule has 0 heterocycles. The zero-order valence-electron chi connectivity index (χ0n) is 14.0. The van der Waals surface area contributed by atoms with E-state index in [2.05, 4.69) is 15.4 Å². The SMILES string of the molecule is CC(=O)COCC(=O)NCCCCCCNC(=O)COCC(=O)O. The van der Waals surface area contributed by atoms with Crippen LogP contribution in [0, 0.1) is 0 Å². The first-order valence-electron chi connectivity index (χ1n) is 7.82. The Morgan fingerprint density at radius 2 is 1.21 bits per heavy atom. The van der Waals surface area contributed by atoms with Gasteiger partial charge in [0.2, 0.25) is 11.8 Å². The number of aliphatic carboxylic acids is 1. The van der Waals surface area contributed by atoms with Crippen LogP contribution in [0.1, 0.15) is 32.6 Å². The normalized spacial score (nSPS) is 10.2. The minimum atomic E-state index is -1.11. The third kappa shape index (κ3) is 16.4. The predicted molar refractivity (Wildman–Crippen MR) is 84.4 cm³/mol. The van der Waals surface area contributed by atoms with Crippen LogP contribution in [0.25, 0.3) is 0 Å². The molecule has 0 saturated heterocycles. The number of unbranched alkanes of at least 4 members (excludes halogenated alkanes) is 3. The Bertz CT molecular complexity index is 375. The Labute approximate surface area is 141 Å². The van der Waals surface area contributed by atoms with Gasteiger partial charge in [0.1, 0.15) is 26.4 Å². The largest absolute Gasteiger partial charge is 0.480 e. The van der Waals surface area contributed by atoms with Crippen LogP contribution in [0.4, 0.5) is 0 Å². The number of nitrogens with one attached hydrogen (secondary N) is 2. The van der Waals surface area contributed by atoms with Crippen LogP contribution in [0.3, 0.4) is 0 Å². The van der Waals surface area contributed by atoms with E-state index in [-0.39, 0.29) is 37.4 Å². The third-order valence-corrected chi connectivity index (χ3v) is 2.75. The maximum absolute atomic E-state index is 11.3. The molecule has 0 aliphatic rings. The van der Waals surface area contributed by atoms with E-state index in [0.717, 1.165) is 25.7 Å². The van der Waals surface area contributed by atoms with Crippen molar-refractivity contribution in [3.8, 4) is 0 Å². The summed E-state index contributed by atoms with van der Waals surface area (Å²) in [6.45, 7) is 1.51. The molecule has 3 N–H and O–H groups in total. The highest BCUT2D eigenvalue weighted by atomic mass is 16.5. The summed E-state index contributed by atoms with van der Waals surface area (Å²) in [5.41, 5.74) is 0. The van der Waals surface area contributed by atoms with Gasteiger partial charge in [0.25, 0.3) is 0 Å². The first-order chi connectivity index (χ1) is 11.4. The first kappa shape index (κ1) is 22.0. The van der Waals surface area contributed by atoms with Crippen LogP contribution in [-0.2, 0) is 28.7 Å². The molecule has 138 valence electrons. The lowest BCUT2D eigenvalue weighted by atomic mass is 10.2. The van der Waals surface area contributed by atoms with Crippen LogP contribution in [0.5, 0.6) is 0 Å². The highest BCUT2D eigenvalue weighted by Gasteiger charge is 2.03. The second-order valence-electron chi connectivity index (χ2n) is 5.20. The summed E-state index contributed by atoms with van der Waals surface area (Å²) in [5, 5.41) is 13.7. The van der Waals surface area contributed by atoms with Crippen LogP contribution < -0.4 is 10.6 Å². The van der Waals surface area contributed by atoms with Crippen molar-refractivity contribution in [1.29, 1.82) is 0 Å². The van der Waals surface area contributed by atoms with Gasteiger partial charge in [-0.1, -0.05) is 12.8 Å². The summed E-state index contributed by atoms with van der Waals surface area (Å²) < 4.78 is 9.54. The second kappa shape index (κ2) is 14.6. The molecule has 0 spiro atoms. The molecule has 24 heavy (non-hydrogen) atoms. The molecule has 0 unspecified atom stereocenters. The molecule has 0 aromatic heterocycles. The molecule has 2 amide bonds. The summed E-state index contributed by atoms with van der Waals surface area (Å²) in [6.07, 6.45) is 3.40. The van der Waals surface area contributed by atoms with Crippen LogP contribution in [0.15, 0.2) is 0 Å². The van der Waals surface area contributed by atoms with E-state index in [9.17, 15) is 19.2 Å². The van der Waals surface area contributed by atoms with Gasteiger partial charge in [0.05, 0.1) is 0 Å². The zero-order chi connectivity index (χ0) is 18.2. The molecule has 0 bridgehead atoms. The van der Waals surface area contributed by atoms with Gasteiger partial charge in [-0.25, -0.2) is 4.79 Å². The number of carbonyl (C=O) groups is 4. The van der Waals surface area contributed by atoms with Gasteiger partial charge in [-0.05, 0) is 19.8 Å². The standard InChI is InChI=1S/C15H26N2O7/c1-12(18)8-23-9-13(19)16-6-4-2-3-5-7-17-14(20)10-24-11-15(21)22/h2-11H2,1H3,(H,16,19)(H,17,20)(H,21,22). The number of ketones is 1. The van der Waals surface area contributed by atoms with Crippen LogP contribution >= 0.6 is 0 Å². The fraction of sp³-hybridized carbons (Fsp3) is 0.733. The Kier molecular flexibility index (Phi) is 13.4. The van der Waals surface area contributed by atoms with Crippen molar-refractivity contribution in [2.75, 3.05) is 39.5 Å². The maximum atomic E-state index is 11.3. The molecule has 0 fully saturated rings. The number of hydrogen-bond donors (Lipinski definition) is 3. The topological polar surface area (TPSA) is 131 Å². The molecule has 0 atom stereocenters. The van der Waals surface area contributed by atoms with Crippen molar-refractivity contribution in [3.63, 3.8) is 0 Å². The van der Waals surface area contributed by atoms with Gasteiger partial charge in [-0.2, -0.15) is 0 Å². The van der Waals surface area contributed by atoms with Crippen LogP contribution in [-0.4, -0.2) is 68.2 Å². The minimum Gasteiger partial charge on any atom is -0.480 e.